The van der Waals surface area contributed by atoms with Crippen LogP contribution in [-0.4, -0.2) is 11.6 Å². The summed E-state index contributed by atoms with van der Waals surface area (Å²) in [7, 11) is 0. The summed E-state index contributed by atoms with van der Waals surface area (Å²) in [6, 6.07) is 0. The monoisotopic (exact) mass is 136 g/mol. The van der Waals surface area contributed by atoms with E-state index in [1.165, 1.54) is 0 Å². The van der Waals surface area contributed by atoms with Crippen molar-refractivity contribution in [1.82, 2.24) is 0 Å². The van der Waals surface area contributed by atoms with Crippen molar-refractivity contribution < 1.29 is 9.59 Å². The first kappa shape index (κ1) is 5.83. The molecule has 0 saturated heterocycles. The summed E-state index contributed by atoms with van der Waals surface area (Å²) in [4.78, 5) is 22.0. The van der Waals surface area contributed by atoms with Gasteiger partial charge in [-0.3, -0.25) is 9.59 Å². The zero-order chi connectivity index (χ0) is 7.14. The van der Waals surface area contributed by atoms with Crippen LogP contribution in [0.1, 0.15) is 12.8 Å². The summed E-state index contributed by atoms with van der Waals surface area (Å²) in [5.74, 6) is 0.404. The second kappa shape index (κ2) is 1.78. The summed E-state index contributed by atoms with van der Waals surface area (Å²) >= 11 is 0. The molecule has 0 unspecified atom stereocenters. The van der Waals surface area contributed by atoms with Gasteiger partial charge in [0.1, 0.15) is 11.6 Å². The Kier molecular flexibility index (Phi) is 1.04. The SMILES string of the molecule is O=C1CCC(=O)[C@@H]2C=C[C@@H]12. The highest BCUT2D eigenvalue weighted by molar-refractivity contribution is 6.00. The molecule has 2 atom stereocenters. The summed E-state index contributed by atoms with van der Waals surface area (Å²) in [5.41, 5.74) is 0. The van der Waals surface area contributed by atoms with Crippen molar-refractivity contribution in [2.24, 2.45) is 11.8 Å². The predicted molar refractivity (Wildman–Crippen MR) is 35.4 cm³/mol. The third kappa shape index (κ3) is 0.589. The molecule has 0 heterocycles. The molecule has 2 aliphatic rings. The van der Waals surface area contributed by atoms with Crippen molar-refractivity contribution in [3.63, 3.8) is 0 Å². The molecule has 1 saturated carbocycles. The number of rotatable bonds is 0. The Morgan fingerprint density at radius 2 is 1.40 bits per heavy atom. The fraction of sp³-hybridized carbons (Fsp3) is 0.500. The largest absolute Gasteiger partial charge is 0.299 e. The van der Waals surface area contributed by atoms with Crippen LogP contribution in [0.5, 0.6) is 0 Å². The van der Waals surface area contributed by atoms with Gasteiger partial charge >= 0.3 is 0 Å². The fourth-order valence-electron chi connectivity index (χ4n) is 1.53. The average Bonchev–Trinajstić information content (AvgIpc) is 1.78. The van der Waals surface area contributed by atoms with Crippen LogP contribution in [0.25, 0.3) is 0 Å². The summed E-state index contributed by atoms with van der Waals surface area (Å²) < 4.78 is 0. The lowest BCUT2D eigenvalue weighted by atomic mass is 9.70. The van der Waals surface area contributed by atoms with Crippen molar-refractivity contribution in [2.45, 2.75) is 12.8 Å². The lowest BCUT2D eigenvalue weighted by molar-refractivity contribution is -0.135. The number of allylic oxidation sites excluding steroid dienone is 2. The first-order valence-corrected chi connectivity index (χ1v) is 3.53. The van der Waals surface area contributed by atoms with Crippen LogP contribution in [0.15, 0.2) is 12.2 Å². The van der Waals surface area contributed by atoms with Crippen molar-refractivity contribution in [3.8, 4) is 0 Å². The summed E-state index contributed by atoms with van der Waals surface area (Å²) in [6.45, 7) is 0. The molecule has 0 N–H and O–H groups in total. The van der Waals surface area contributed by atoms with E-state index in [1.54, 1.807) is 0 Å². The zero-order valence-electron chi connectivity index (χ0n) is 5.54. The number of carbonyl (C=O) groups is 2. The third-order valence-corrected chi connectivity index (χ3v) is 2.27. The second-order valence-electron chi connectivity index (χ2n) is 2.87. The minimum Gasteiger partial charge on any atom is -0.299 e. The van der Waals surface area contributed by atoms with Crippen LogP contribution < -0.4 is 0 Å². The summed E-state index contributed by atoms with van der Waals surface area (Å²) in [6.07, 6.45) is 4.60. The number of fused-ring (bicyclic) bond motifs is 1. The number of hydrogen-bond donors (Lipinski definition) is 0. The Balaban J connectivity index is 2.25. The maximum atomic E-state index is 11.0. The van der Waals surface area contributed by atoms with Crippen molar-refractivity contribution in [2.75, 3.05) is 0 Å². The van der Waals surface area contributed by atoms with Gasteiger partial charge in [-0.05, 0) is 0 Å². The van der Waals surface area contributed by atoms with Crippen molar-refractivity contribution in [1.29, 1.82) is 0 Å². The number of ketones is 2. The normalized spacial score (nSPS) is 37.2. The Labute approximate surface area is 58.9 Å². The van der Waals surface area contributed by atoms with Gasteiger partial charge in [-0.15, -0.1) is 0 Å². The summed E-state index contributed by atoms with van der Waals surface area (Å²) in [5, 5.41) is 0. The van der Waals surface area contributed by atoms with E-state index in [1.807, 2.05) is 12.2 Å². The minimum absolute atomic E-state index is 0.0405. The van der Waals surface area contributed by atoms with Crippen LogP contribution in [0.2, 0.25) is 0 Å². The molecule has 0 spiro atoms. The fourth-order valence-corrected chi connectivity index (χ4v) is 1.53. The van der Waals surface area contributed by atoms with Crippen molar-refractivity contribution in [3.05, 3.63) is 12.2 Å². The van der Waals surface area contributed by atoms with Crippen LogP contribution >= 0.6 is 0 Å². The maximum absolute atomic E-state index is 11.0. The molecule has 0 bridgehead atoms. The molecule has 2 aliphatic carbocycles. The molecular formula is C8H8O2. The molecule has 0 aromatic rings. The molecule has 2 nitrogen and oxygen atoms in total. The standard InChI is InChI=1S/C8H8O2/c9-7-3-4-8(10)6-2-1-5(6)7/h1-2,5-6H,3-4H2/t5-,6-/m1/s1. The molecule has 52 valence electrons. The number of hydrogen-bond acceptors (Lipinski definition) is 2. The smallest absolute Gasteiger partial charge is 0.141 e. The van der Waals surface area contributed by atoms with E-state index in [0.29, 0.717) is 12.8 Å². The second-order valence-corrected chi connectivity index (χ2v) is 2.87. The van der Waals surface area contributed by atoms with Gasteiger partial charge in [0, 0.05) is 24.7 Å². The topological polar surface area (TPSA) is 34.1 Å². The minimum atomic E-state index is -0.0405. The van der Waals surface area contributed by atoms with E-state index in [0.717, 1.165) is 0 Å². The molecule has 0 aromatic heterocycles. The van der Waals surface area contributed by atoms with Gasteiger partial charge in [0.15, 0.2) is 0 Å². The van der Waals surface area contributed by atoms with Crippen LogP contribution in [0.4, 0.5) is 0 Å². The highest BCUT2D eigenvalue weighted by Gasteiger charge is 2.38. The quantitative estimate of drug-likeness (QED) is 0.460. The highest BCUT2D eigenvalue weighted by atomic mass is 16.1. The van der Waals surface area contributed by atoms with Crippen LogP contribution in [0.3, 0.4) is 0 Å². The lowest BCUT2D eigenvalue weighted by Crippen LogP contribution is -2.37. The van der Waals surface area contributed by atoms with Gasteiger partial charge in [-0.25, -0.2) is 0 Å². The molecule has 0 aliphatic heterocycles. The van der Waals surface area contributed by atoms with Crippen LogP contribution in [0, 0.1) is 11.8 Å². The van der Waals surface area contributed by atoms with Gasteiger partial charge in [0.25, 0.3) is 0 Å². The van der Waals surface area contributed by atoms with Gasteiger partial charge in [0.2, 0.25) is 0 Å². The number of carbonyl (C=O) groups excluding carboxylic acids is 2. The molecule has 10 heavy (non-hydrogen) atoms. The number of Topliss-reactive ketones (excluding diaryl/α,β-unsaturated/α-hetero) is 2. The van der Waals surface area contributed by atoms with E-state index in [-0.39, 0.29) is 23.4 Å². The first-order chi connectivity index (χ1) is 4.79. The van der Waals surface area contributed by atoms with E-state index in [9.17, 15) is 9.59 Å². The molecule has 2 rings (SSSR count). The predicted octanol–water partition coefficient (Wildman–Crippen LogP) is 0.721. The van der Waals surface area contributed by atoms with E-state index in [2.05, 4.69) is 0 Å². The lowest BCUT2D eigenvalue weighted by Gasteiger charge is -2.30. The van der Waals surface area contributed by atoms with Gasteiger partial charge in [-0.2, -0.15) is 0 Å². The Morgan fingerprint density at radius 3 is 1.70 bits per heavy atom. The molecule has 0 amide bonds. The molecule has 0 radical (unpaired) electrons. The Bertz CT molecular complexity index is 203. The van der Waals surface area contributed by atoms with Gasteiger partial charge in [0.05, 0.1) is 0 Å². The molecule has 1 fully saturated rings. The Hall–Kier alpha value is -0.920. The van der Waals surface area contributed by atoms with E-state index >= 15 is 0 Å². The zero-order valence-corrected chi connectivity index (χ0v) is 5.54. The highest BCUT2D eigenvalue weighted by Crippen LogP contribution is 2.33. The molecular weight excluding hydrogens is 128 g/mol. The van der Waals surface area contributed by atoms with E-state index in [4.69, 9.17) is 0 Å². The molecule has 0 aromatic carbocycles. The first-order valence-electron chi connectivity index (χ1n) is 3.53. The van der Waals surface area contributed by atoms with Crippen molar-refractivity contribution >= 4 is 11.6 Å². The molecule has 2 heteroatoms. The average molecular weight is 136 g/mol. The Morgan fingerprint density at radius 1 is 1.00 bits per heavy atom. The van der Waals surface area contributed by atoms with Gasteiger partial charge < -0.3 is 0 Å². The van der Waals surface area contributed by atoms with Crippen LogP contribution in [-0.2, 0) is 9.59 Å². The third-order valence-electron chi connectivity index (χ3n) is 2.27. The van der Waals surface area contributed by atoms with E-state index < -0.39 is 0 Å². The maximum Gasteiger partial charge on any atom is 0.141 e. The van der Waals surface area contributed by atoms with Gasteiger partial charge in [-0.1, -0.05) is 12.2 Å².